The Hall–Kier alpha value is -2.37. The molecule has 5 heteroatoms. The third-order valence-corrected chi connectivity index (χ3v) is 8.90. The average molecular weight is 550 g/mol. The summed E-state index contributed by atoms with van der Waals surface area (Å²) in [6, 6.07) is 6.43. The van der Waals surface area contributed by atoms with E-state index in [9.17, 15) is 4.79 Å². The molecule has 214 valence electrons. The van der Waals surface area contributed by atoms with Crippen LogP contribution in [0.3, 0.4) is 0 Å². The summed E-state index contributed by atoms with van der Waals surface area (Å²) in [6.07, 6.45) is 11.5. The Morgan fingerprint density at radius 2 is 1.77 bits per heavy atom. The van der Waals surface area contributed by atoms with Crippen molar-refractivity contribution in [2.45, 2.75) is 86.5 Å². The van der Waals surface area contributed by atoms with E-state index in [-0.39, 0.29) is 11.7 Å². The largest absolute Gasteiger partial charge is 0.369 e. The molecule has 0 spiro atoms. The monoisotopic (exact) mass is 549 g/mol. The summed E-state index contributed by atoms with van der Waals surface area (Å²) in [5.74, 6) is 0.279. The van der Waals surface area contributed by atoms with E-state index in [4.69, 9.17) is 4.99 Å². The molecule has 0 aromatic heterocycles. The van der Waals surface area contributed by atoms with Crippen molar-refractivity contribution in [2.75, 3.05) is 32.7 Å². The standard InChI is InChI=1S/C34H51N3OS/c1-10-18-36-19-21-37(22-20-36)31(13-4)16-17-32(26(6)12-3)35-33(23-28(8)38)30-15-14-27(7)34(24-30)39-29(9)25(5)11-2/h13-17,23-24,26H,10-12,18-22H2,1-9H3/b17-16-,29-25+,31-13+,33-23-,35-32+. The zero-order chi connectivity index (χ0) is 28.9. The summed E-state index contributed by atoms with van der Waals surface area (Å²) in [7, 11) is 0. The minimum absolute atomic E-state index is 0.00741. The molecule has 4 nitrogen and oxygen atoms in total. The maximum Gasteiger partial charge on any atom is 0.154 e. The van der Waals surface area contributed by atoms with Gasteiger partial charge in [-0.25, -0.2) is 0 Å². The van der Waals surface area contributed by atoms with Crippen molar-refractivity contribution in [1.82, 2.24) is 9.80 Å². The molecule has 0 aliphatic carbocycles. The summed E-state index contributed by atoms with van der Waals surface area (Å²) in [5, 5.41) is 0. The number of carbonyl (C=O) groups is 1. The zero-order valence-electron chi connectivity index (χ0n) is 25.9. The van der Waals surface area contributed by atoms with Crippen LogP contribution in [-0.4, -0.2) is 54.0 Å². The van der Waals surface area contributed by atoms with Crippen molar-refractivity contribution < 1.29 is 4.79 Å². The molecule has 1 aromatic rings. The van der Waals surface area contributed by atoms with Crippen LogP contribution in [0.15, 0.2) is 68.6 Å². The second-order valence-electron chi connectivity index (χ2n) is 10.6. The van der Waals surface area contributed by atoms with Gasteiger partial charge in [0.1, 0.15) is 0 Å². The van der Waals surface area contributed by atoms with Gasteiger partial charge >= 0.3 is 0 Å². The first-order chi connectivity index (χ1) is 18.6. The topological polar surface area (TPSA) is 35.9 Å². The van der Waals surface area contributed by atoms with Crippen LogP contribution >= 0.6 is 11.8 Å². The zero-order valence-corrected chi connectivity index (χ0v) is 26.8. The van der Waals surface area contributed by atoms with E-state index < -0.39 is 0 Å². The summed E-state index contributed by atoms with van der Waals surface area (Å²) in [6.45, 7) is 24.6. The Morgan fingerprint density at radius 3 is 2.33 bits per heavy atom. The summed E-state index contributed by atoms with van der Waals surface area (Å²) in [5.41, 5.74) is 6.58. The predicted octanol–water partition coefficient (Wildman–Crippen LogP) is 8.70. The molecular formula is C34H51N3OS. The highest BCUT2D eigenvalue weighted by Gasteiger charge is 2.17. The Labute approximate surface area is 243 Å². The fourth-order valence-electron chi connectivity index (χ4n) is 4.50. The smallest absolute Gasteiger partial charge is 0.154 e. The molecule has 0 radical (unpaired) electrons. The van der Waals surface area contributed by atoms with Crippen LogP contribution in [0.2, 0.25) is 0 Å². The molecule has 1 aliphatic rings. The Bertz CT molecular complexity index is 1120. The van der Waals surface area contributed by atoms with E-state index >= 15 is 0 Å². The quantitative estimate of drug-likeness (QED) is 0.107. The van der Waals surface area contributed by atoms with Crippen molar-refractivity contribution in [3.05, 3.63) is 69.8 Å². The lowest BCUT2D eigenvalue weighted by atomic mass is 10.0. The molecule has 1 aromatic carbocycles. The van der Waals surface area contributed by atoms with Crippen molar-refractivity contribution in [3.8, 4) is 0 Å². The molecule has 1 heterocycles. The van der Waals surface area contributed by atoms with Gasteiger partial charge in [-0.05, 0) is 95.0 Å². The number of nitrogens with zero attached hydrogens (tertiary/aromatic N) is 3. The van der Waals surface area contributed by atoms with Crippen LogP contribution in [0.25, 0.3) is 5.70 Å². The molecule has 0 bridgehead atoms. The van der Waals surface area contributed by atoms with Crippen molar-refractivity contribution in [1.29, 1.82) is 0 Å². The predicted molar refractivity (Wildman–Crippen MR) is 172 cm³/mol. The van der Waals surface area contributed by atoms with Gasteiger partial charge in [-0.3, -0.25) is 14.7 Å². The number of hydrogen-bond acceptors (Lipinski definition) is 5. The van der Waals surface area contributed by atoms with E-state index in [1.54, 1.807) is 13.0 Å². The molecule has 1 aliphatic heterocycles. The number of benzene rings is 1. The number of rotatable bonds is 13. The second-order valence-corrected chi connectivity index (χ2v) is 11.9. The van der Waals surface area contributed by atoms with Crippen molar-refractivity contribution in [2.24, 2.45) is 10.9 Å². The van der Waals surface area contributed by atoms with Crippen molar-refractivity contribution >= 4 is 29.0 Å². The molecule has 1 saturated heterocycles. The number of aryl methyl sites for hydroxylation is 1. The van der Waals surface area contributed by atoms with E-state index in [0.29, 0.717) is 0 Å². The van der Waals surface area contributed by atoms with Gasteiger partial charge in [0.2, 0.25) is 0 Å². The number of allylic oxidation sites excluding steroid dienone is 6. The van der Waals surface area contributed by atoms with Gasteiger partial charge in [0.05, 0.1) is 5.70 Å². The molecule has 1 atom stereocenters. The first kappa shape index (κ1) is 32.8. The van der Waals surface area contributed by atoms with Crippen LogP contribution in [0.5, 0.6) is 0 Å². The Morgan fingerprint density at radius 1 is 1.08 bits per heavy atom. The Balaban J connectivity index is 2.43. The molecule has 0 saturated carbocycles. The first-order valence-electron chi connectivity index (χ1n) is 14.7. The maximum atomic E-state index is 12.3. The maximum absolute atomic E-state index is 12.3. The fourth-order valence-corrected chi connectivity index (χ4v) is 5.57. The molecule has 1 fully saturated rings. The molecule has 39 heavy (non-hydrogen) atoms. The van der Waals surface area contributed by atoms with Gasteiger partial charge in [-0.2, -0.15) is 0 Å². The number of ketones is 1. The average Bonchev–Trinajstić information content (AvgIpc) is 2.93. The van der Waals surface area contributed by atoms with Crippen LogP contribution < -0.4 is 0 Å². The highest BCUT2D eigenvalue weighted by molar-refractivity contribution is 8.03. The van der Waals surface area contributed by atoms with Gasteiger partial charge in [0.15, 0.2) is 5.78 Å². The fraction of sp³-hybridized carbons (Fsp3) is 0.529. The number of hydrogen-bond donors (Lipinski definition) is 0. The minimum atomic E-state index is 0.00741. The molecular weight excluding hydrogens is 498 g/mol. The normalized spacial score (nSPS) is 17.6. The number of piperazine rings is 1. The van der Waals surface area contributed by atoms with E-state index in [2.05, 4.69) is 102 Å². The van der Waals surface area contributed by atoms with Gasteiger partial charge in [-0.15, -0.1) is 0 Å². The number of aliphatic imine (C=N–C) groups is 1. The minimum Gasteiger partial charge on any atom is -0.369 e. The molecule has 0 N–H and O–H groups in total. The third-order valence-electron chi connectivity index (χ3n) is 7.58. The SMILES string of the molecule is C\C=C(/C=C\C(=N/C(=C\C(C)=O)c1ccc(C)c(S/C(C)=C(\C)CC)c1)C(C)CC)N1CCN(CCC)CC1. The van der Waals surface area contributed by atoms with Crippen LogP contribution in [0, 0.1) is 12.8 Å². The molecule has 2 rings (SSSR count). The molecule has 1 unspecified atom stereocenters. The lowest BCUT2D eigenvalue weighted by molar-refractivity contribution is -0.112. The lowest BCUT2D eigenvalue weighted by Gasteiger charge is -2.36. The number of thioether (sulfide) groups is 1. The Kier molecular flexibility index (Phi) is 14.0. The van der Waals surface area contributed by atoms with Crippen LogP contribution in [0.4, 0.5) is 0 Å². The van der Waals surface area contributed by atoms with E-state index in [1.807, 2.05) is 11.8 Å². The van der Waals surface area contributed by atoms with Gasteiger partial charge in [0, 0.05) is 54.1 Å². The highest BCUT2D eigenvalue weighted by Crippen LogP contribution is 2.34. The van der Waals surface area contributed by atoms with Crippen LogP contribution in [0.1, 0.15) is 85.8 Å². The van der Waals surface area contributed by atoms with Gasteiger partial charge < -0.3 is 4.90 Å². The van der Waals surface area contributed by atoms with E-state index in [1.165, 1.54) is 39.6 Å². The van der Waals surface area contributed by atoms with E-state index in [0.717, 1.165) is 56.0 Å². The first-order valence-corrected chi connectivity index (χ1v) is 15.5. The summed E-state index contributed by atoms with van der Waals surface area (Å²) < 4.78 is 0. The number of carbonyl (C=O) groups excluding carboxylic acids is 1. The second kappa shape index (κ2) is 16.7. The summed E-state index contributed by atoms with van der Waals surface area (Å²) >= 11 is 1.81. The van der Waals surface area contributed by atoms with Gasteiger partial charge in [0.25, 0.3) is 0 Å². The molecule has 0 amide bonds. The van der Waals surface area contributed by atoms with Crippen molar-refractivity contribution in [3.63, 3.8) is 0 Å². The van der Waals surface area contributed by atoms with Crippen LogP contribution in [-0.2, 0) is 4.79 Å². The third kappa shape index (κ3) is 10.3. The summed E-state index contributed by atoms with van der Waals surface area (Å²) in [4.78, 5) is 25.0. The van der Waals surface area contributed by atoms with Gasteiger partial charge in [-0.1, -0.05) is 63.2 Å². The highest BCUT2D eigenvalue weighted by atomic mass is 32.2. The lowest BCUT2D eigenvalue weighted by Crippen LogP contribution is -2.45.